The summed E-state index contributed by atoms with van der Waals surface area (Å²) in [6.07, 6.45) is 0. The second-order valence-corrected chi connectivity index (χ2v) is 9.81. The van der Waals surface area contributed by atoms with Gasteiger partial charge in [-0.15, -0.1) is 0 Å². The van der Waals surface area contributed by atoms with E-state index in [1.807, 2.05) is 6.92 Å². The molecule has 0 spiro atoms. The zero-order chi connectivity index (χ0) is 29.1. The van der Waals surface area contributed by atoms with Gasteiger partial charge in [0, 0.05) is 5.56 Å². The Kier molecular flexibility index (Phi) is 8.43. The number of benzene rings is 2. The number of methoxy groups -OCH3 is 2. The van der Waals surface area contributed by atoms with Gasteiger partial charge in [-0.3, -0.25) is 14.5 Å². The molecule has 1 saturated heterocycles. The van der Waals surface area contributed by atoms with Gasteiger partial charge in [0.1, 0.15) is 16.4 Å². The predicted molar refractivity (Wildman–Crippen MR) is 149 cm³/mol. The maximum atomic E-state index is 13.5. The molecule has 1 atom stereocenters. The third-order valence-corrected chi connectivity index (χ3v) is 7.50. The first-order valence-electron chi connectivity index (χ1n) is 12.6. The molecule has 1 unspecified atom stereocenters. The van der Waals surface area contributed by atoms with Crippen molar-refractivity contribution in [3.63, 3.8) is 0 Å². The number of carbonyl (C=O) groups is 3. The predicted octanol–water partition coefficient (Wildman–Crippen LogP) is 4.98. The Hall–Kier alpha value is -4.38. The third-order valence-electron chi connectivity index (χ3n) is 6.37. The number of esters is 1. The molecule has 210 valence electrons. The van der Waals surface area contributed by atoms with E-state index in [0.29, 0.717) is 40.7 Å². The van der Waals surface area contributed by atoms with E-state index in [-0.39, 0.29) is 27.9 Å². The number of ether oxygens (including phenoxy) is 4. The first kappa shape index (κ1) is 28.6. The lowest BCUT2D eigenvalue weighted by Gasteiger charge is -2.24. The van der Waals surface area contributed by atoms with E-state index in [1.54, 1.807) is 57.2 Å². The number of aliphatic hydroxyl groups excluding tert-OH is 1. The number of aliphatic hydroxyl groups is 1. The summed E-state index contributed by atoms with van der Waals surface area (Å²) in [6.45, 7) is 7.53. The Morgan fingerprint density at radius 2 is 1.70 bits per heavy atom. The number of ketones is 1. The van der Waals surface area contributed by atoms with E-state index >= 15 is 0 Å². The summed E-state index contributed by atoms with van der Waals surface area (Å²) in [6, 6.07) is 8.88. The lowest BCUT2D eigenvalue weighted by Crippen LogP contribution is -2.29. The van der Waals surface area contributed by atoms with E-state index in [1.165, 1.54) is 19.1 Å². The summed E-state index contributed by atoms with van der Waals surface area (Å²) in [5.74, 6) is -1.26. The fourth-order valence-corrected chi connectivity index (χ4v) is 5.51. The van der Waals surface area contributed by atoms with Crippen LogP contribution in [0, 0.1) is 13.8 Å². The number of amides is 1. The minimum absolute atomic E-state index is 0.116. The van der Waals surface area contributed by atoms with Gasteiger partial charge in [0.2, 0.25) is 0 Å². The smallest absolute Gasteiger partial charge is 0.350 e. The van der Waals surface area contributed by atoms with E-state index in [0.717, 1.165) is 16.9 Å². The number of Topliss-reactive ketones (excluding diaryl/α,β-unsaturated/α-hetero) is 1. The molecule has 0 aliphatic carbocycles. The van der Waals surface area contributed by atoms with Crippen LogP contribution in [0.1, 0.15) is 51.9 Å². The number of hydrogen-bond donors (Lipinski definition) is 1. The maximum absolute atomic E-state index is 13.5. The van der Waals surface area contributed by atoms with Crippen molar-refractivity contribution in [2.75, 3.05) is 32.3 Å². The number of nitrogens with zero attached hydrogens (tertiary/aromatic N) is 2. The molecule has 11 heteroatoms. The molecular weight excluding hydrogens is 536 g/mol. The molecule has 1 amide bonds. The van der Waals surface area contributed by atoms with Gasteiger partial charge in [0.15, 0.2) is 16.6 Å². The van der Waals surface area contributed by atoms with Crippen molar-refractivity contribution >= 4 is 39.9 Å². The summed E-state index contributed by atoms with van der Waals surface area (Å²) >= 11 is 0.938. The molecular formula is C29H30N2O8S. The quantitative estimate of drug-likeness (QED) is 0.165. The third kappa shape index (κ3) is 5.12. The van der Waals surface area contributed by atoms with Gasteiger partial charge in [-0.2, -0.15) is 0 Å². The van der Waals surface area contributed by atoms with Crippen molar-refractivity contribution in [1.29, 1.82) is 0 Å². The lowest BCUT2D eigenvalue weighted by atomic mass is 9.94. The largest absolute Gasteiger partial charge is 0.507 e. The van der Waals surface area contributed by atoms with Crippen LogP contribution < -0.4 is 19.1 Å². The highest BCUT2D eigenvalue weighted by Gasteiger charge is 2.48. The van der Waals surface area contributed by atoms with Gasteiger partial charge < -0.3 is 24.1 Å². The average molecular weight is 567 g/mol. The SMILES string of the molecule is CCOC(=O)c1sc(N2C(=O)C(=O)C(=C(O)c3ccc(OC)c(C)c3)C2c2ccc(OCC)c(OC)c2)nc1C. The van der Waals surface area contributed by atoms with Crippen LogP contribution in [-0.2, 0) is 14.3 Å². The van der Waals surface area contributed by atoms with Gasteiger partial charge in [0.25, 0.3) is 5.78 Å². The highest BCUT2D eigenvalue weighted by molar-refractivity contribution is 7.17. The van der Waals surface area contributed by atoms with Gasteiger partial charge in [-0.25, -0.2) is 9.78 Å². The standard InChI is InChI=1S/C29H30N2O8S/c1-7-38-20-12-9-17(14-21(20)37-6)23-22(24(32)18-10-11-19(36-5)15(3)13-18)25(33)27(34)31(23)29-30-16(4)26(40-29)28(35)39-8-2/h9-14,23,32H,7-8H2,1-6H3. The number of anilines is 1. The van der Waals surface area contributed by atoms with Crippen LogP contribution in [0.15, 0.2) is 42.0 Å². The van der Waals surface area contributed by atoms with Gasteiger partial charge in [-0.1, -0.05) is 17.4 Å². The molecule has 4 rings (SSSR count). The molecule has 2 aromatic carbocycles. The Morgan fingerprint density at radius 3 is 2.33 bits per heavy atom. The molecule has 1 aliphatic rings. The van der Waals surface area contributed by atoms with E-state index in [9.17, 15) is 19.5 Å². The zero-order valence-electron chi connectivity index (χ0n) is 23.1. The molecule has 40 heavy (non-hydrogen) atoms. The fourth-order valence-electron chi connectivity index (χ4n) is 4.53. The number of hydrogen-bond acceptors (Lipinski definition) is 10. The van der Waals surface area contributed by atoms with Crippen molar-refractivity contribution in [1.82, 2.24) is 4.98 Å². The Balaban J connectivity index is 1.95. The topological polar surface area (TPSA) is 124 Å². The molecule has 2 heterocycles. The highest BCUT2D eigenvalue weighted by atomic mass is 32.1. The molecule has 1 aromatic heterocycles. The fraction of sp³-hybridized carbons (Fsp3) is 0.310. The van der Waals surface area contributed by atoms with Crippen molar-refractivity contribution in [3.8, 4) is 17.2 Å². The van der Waals surface area contributed by atoms with Crippen LogP contribution in [0.2, 0.25) is 0 Å². The molecule has 1 aliphatic heterocycles. The van der Waals surface area contributed by atoms with Gasteiger partial charge >= 0.3 is 11.9 Å². The molecule has 3 aromatic rings. The summed E-state index contributed by atoms with van der Waals surface area (Å²) < 4.78 is 21.6. The van der Waals surface area contributed by atoms with Crippen molar-refractivity contribution in [2.45, 2.75) is 33.7 Å². The summed E-state index contributed by atoms with van der Waals surface area (Å²) in [4.78, 5) is 45.4. The monoisotopic (exact) mass is 566 g/mol. The Labute approximate surface area is 235 Å². The van der Waals surface area contributed by atoms with Crippen LogP contribution in [0.4, 0.5) is 5.13 Å². The molecule has 0 saturated carbocycles. The number of rotatable bonds is 9. The highest BCUT2D eigenvalue weighted by Crippen LogP contribution is 2.45. The van der Waals surface area contributed by atoms with Crippen molar-refractivity contribution in [2.24, 2.45) is 0 Å². The number of thiazole rings is 1. The Bertz CT molecular complexity index is 1510. The minimum atomic E-state index is -1.08. The summed E-state index contributed by atoms with van der Waals surface area (Å²) in [5.41, 5.74) is 1.76. The lowest BCUT2D eigenvalue weighted by molar-refractivity contribution is -0.132. The van der Waals surface area contributed by atoms with E-state index < -0.39 is 23.7 Å². The maximum Gasteiger partial charge on any atom is 0.350 e. The molecule has 0 bridgehead atoms. The molecule has 1 N–H and O–H groups in total. The van der Waals surface area contributed by atoms with Gasteiger partial charge in [-0.05, 0) is 69.2 Å². The van der Waals surface area contributed by atoms with Crippen molar-refractivity contribution < 1.29 is 38.4 Å². The second-order valence-electron chi connectivity index (χ2n) is 8.83. The number of carbonyl (C=O) groups excluding carboxylic acids is 3. The Morgan fingerprint density at radius 1 is 1.00 bits per heavy atom. The van der Waals surface area contributed by atoms with Crippen LogP contribution >= 0.6 is 11.3 Å². The minimum Gasteiger partial charge on any atom is -0.507 e. The van der Waals surface area contributed by atoms with Crippen LogP contribution in [0.25, 0.3) is 5.76 Å². The second kappa shape index (κ2) is 11.8. The summed E-state index contributed by atoms with van der Waals surface area (Å²) in [7, 11) is 3.02. The molecule has 1 fully saturated rings. The van der Waals surface area contributed by atoms with E-state index in [4.69, 9.17) is 18.9 Å². The van der Waals surface area contributed by atoms with Crippen molar-refractivity contribution in [3.05, 3.63) is 69.2 Å². The zero-order valence-corrected chi connectivity index (χ0v) is 23.9. The van der Waals surface area contributed by atoms with E-state index in [2.05, 4.69) is 4.98 Å². The van der Waals surface area contributed by atoms with Gasteiger partial charge in [0.05, 0.1) is 44.7 Å². The summed E-state index contributed by atoms with van der Waals surface area (Å²) in [5, 5.41) is 11.6. The number of aryl methyl sites for hydroxylation is 2. The number of aromatic nitrogens is 1. The first-order chi connectivity index (χ1) is 19.2. The molecule has 10 nitrogen and oxygen atoms in total. The average Bonchev–Trinajstić information content (AvgIpc) is 3.45. The normalized spacial score (nSPS) is 16.2. The van der Waals surface area contributed by atoms with Crippen LogP contribution in [0.3, 0.4) is 0 Å². The van der Waals surface area contributed by atoms with Crippen LogP contribution in [-0.4, -0.2) is 55.2 Å². The first-order valence-corrected chi connectivity index (χ1v) is 13.4. The molecule has 0 radical (unpaired) electrons. The van der Waals surface area contributed by atoms with Crippen LogP contribution in [0.5, 0.6) is 17.2 Å².